The Morgan fingerprint density at radius 1 is 1.28 bits per heavy atom. The second kappa shape index (κ2) is 7.37. The van der Waals surface area contributed by atoms with Gasteiger partial charge in [-0.1, -0.05) is 11.6 Å². The Morgan fingerprint density at radius 2 is 2.00 bits per heavy atom. The van der Waals surface area contributed by atoms with Crippen molar-refractivity contribution in [3.63, 3.8) is 0 Å². The van der Waals surface area contributed by atoms with Crippen molar-refractivity contribution in [3.8, 4) is 0 Å². The zero-order valence-corrected chi connectivity index (χ0v) is 14.3. The van der Waals surface area contributed by atoms with Crippen LogP contribution in [0.25, 0.3) is 0 Å². The summed E-state index contributed by atoms with van der Waals surface area (Å²) in [6.07, 6.45) is -0.492. The van der Waals surface area contributed by atoms with Crippen molar-refractivity contribution >= 4 is 23.3 Å². The van der Waals surface area contributed by atoms with Crippen LogP contribution in [0.1, 0.15) is 31.2 Å². The predicted molar refractivity (Wildman–Crippen MR) is 88.5 cm³/mol. The Labute approximate surface area is 148 Å². The van der Waals surface area contributed by atoms with Crippen LogP contribution >= 0.6 is 11.6 Å². The van der Waals surface area contributed by atoms with Gasteiger partial charge >= 0.3 is 6.18 Å². The summed E-state index contributed by atoms with van der Waals surface area (Å²) in [6, 6.07) is 0.536. The van der Waals surface area contributed by atoms with Gasteiger partial charge in [0, 0.05) is 18.8 Å². The lowest BCUT2D eigenvalue weighted by Crippen LogP contribution is -2.54. The topological polar surface area (TPSA) is 57.3 Å². The number of hydrogen-bond acceptors (Lipinski definition) is 4. The number of aromatic nitrogens is 1. The van der Waals surface area contributed by atoms with E-state index in [1.54, 1.807) is 0 Å². The number of piperidine rings is 2. The van der Waals surface area contributed by atoms with E-state index in [0.29, 0.717) is 6.42 Å². The Hall–Kier alpha value is -1.54. The Bertz CT molecular complexity index is 634. The third kappa shape index (κ3) is 4.17. The first-order valence-corrected chi connectivity index (χ1v) is 8.74. The Balaban J connectivity index is 1.70. The highest BCUT2D eigenvalue weighted by Crippen LogP contribution is 2.33. The fourth-order valence-corrected chi connectivity index (χ4v) is 3.60. The summed E-state index contributed by atoms with van der Waals surface area (Å²) in [5, 5.41) is 6.06. The number of carbonyl (C=O) groups is 1. The second-order valence-corrected chi connectivity index (χ2v) is 6.81. The molecule has 0 saturated carbocycles. The zero-order valence-electron chi connectivity index (χ0n) is 13.6. The number of anilines is 1. The van der Waals surface area contributed by atoms with Crippen molar-refractivity contribution in [3.05, 3.63) is 22.8 Å². The Morgan fingerprint density at radius 3 is 2.64 bits per heavy atom. The Kier molecular flexibility index (Phi) is 5.38. The van der Waals surface area contributed by atoms with E-state index in [4.69, 9.17) is 11.6 Å². The molecule has 2 aliphatic heterocycles. The number of likely N-dealkylation sites (tertiary alicyclic amines) is 1. The maximum absolute atomic E-state index is 12.8. The molecule has 5 nitrogen and oxygen atoms in total. The first kappa shape index (κ1) is 18.3. The van der Waals surface area contributed by atoms with Gasteiger partial charge in [-0.2, -0.15) is 13.2 Å². The van der Waals surface area contributed by atoms with Gasteiger partial charge in [-0.3, -0.25) is 4.79 Å². The van der Waals surface area contributed by atoms with Gasteiger partial charge in [-0.05, 0) is 44.8 Å². The summed E-state index contributed by atoms with van der Waals surface area (Å²) < 4.78 is 38.1. The summed E-state index contributed by atoms with van der Waals surface area (Å²) in [6.45, 7) is 2.49. The summed E-state index contributed by atoms with van der Waals surface area (Å²) in [4.78, 5) is 18.4. The van der Waals surface area contributed by atoms with Crippen molar-refractivity contribution in [1.29, 1.82) is 0 Å². The number of nitrogens with one attached hydrogen (secondary N) is 2. The van der Waals surface area contributed by atoms with Gasteiger partial charge in [0.15, 0.2) is 0 Å². The molecule has 2 saturated heterocycles. The molecule has 9 heteroatoms. The van der Waals surface area contributed by atoms with Crippen LogP contribution in [0, 0.1) is 0 Å². The molecule has 0 unspecified atom stereocenters. The van der Waals surface area contributed by atoms with Gasteiger partial charge in [0.2, 0.25) is 5.91 Å². The second-order valence-electron chi connectivity index (χ2n) is 6.40. The third-order valence-corrected chi connectivity index (χ3v) is 4.99. The molecule has 25 heavy (non-hydrogen) atoms. The van der Waals surface area contributed by atoms with E-state index in [2.05, 4.69) is 15.6 Å². The molecule has 1 aromatic heterocycles. The maximum Gasteiger partial charge on any atom is 0.417 e. The average molecular weight is 377 g/mol. The van der Waals surface area contributed by atoms with Crippen LogP contribution in [0.2, 0.25) is 5.02 Å². The van der Waals surface area contributed by atoms with Gasteiger partial charge < -0.3 is 15.5 Å². The van der Waals surface area contributed by atoms with Gasteiger partial charge in [0.1, 0.15) is 11.9 Å². The number of hydrogen-bond donors (Lipinski definition) is 2. The highest BCUT2D eigenvalue weighted by molar-refractivity contribution is 6.33. The fourth-order valence-electron chi connectivity index (χ4n) is 3.38. The number of amides is 1. The molecule has 1 amide bonds. The van der Waals surface area contributed by atoms with E-state index in [-0.39, 0.29) is 22.8 Å². The standard InChI is InChI=1S/C16H20ClF3N4O/c17-12-8-10(16(18,19)20)9-22-14(12)23-13-2-1-7-24(15(13)25)11-3-5-21-6-4-11/h8-9,11,13,21H,1-7H2,(H,22,23)/t13-/m0/s1. The van der Waals surface area contributed by atoms with Crippen LogP contribution < -0.4 is 10.6 Å². The lowest BCUT2D eigenvalue weighted by molar-refractivity contribution is -0.138. The van der Waals surface area contributed by atoms with Gasteiger partial charge in [0.25, 0.3) is 0 Å². The van der Waals surface area contributed by atoms with Crippen molar-refractivity contribution in [1.82, 2.24) is 15.2 Å². The molecular formula is C16H20ClF3N4O. The first-order chi connectivity index (χ1) is 11.9. The molecule has 3 heterocycles. The fraction of sp³-hybridized carbons (Fsp3) is 0.625. The predicted octanol–water partition coefficient (Wildman–Crippen LogP) is 2.91. The normalized spacial score (nSPS) is 23.0. The summed E-state index contributed by atoms with van der Waals surface area (Å²) in [5.74, 6) is 0.0797. The molecule has 2 fully saturated rings. The van der Waals surface area contributed by atoms with Crippen LogP contribution in [-0.4, -0.2) is 47.5 Å². The van der Waals surface area contributed by atoms with Crippen LogP contribution in [-0.2, 0) is 11.0 Å². The highest BCUT2D eigenvalue weighted by atomic mass is 35.5. The number of rotatable bonds is 3. The quantitative estimate of drug-likeness (QED) is 0.851. The molecule has 138 valence electrons. The van der Waals surface area contributed by atoms with Gasteiger partial charge in [0.05, 0.1) is 10.6 Å². The molecular weight excluding hydrogens is 357 g/mol. The molecule has 0 aliphatic carbocycles. The van der Waals surface area contributed by atoms with Gasteiger partial charge in [-0.15, -0.1) is 0 Å². The number of carbonyl (C=O) groups excluding carboxylic acids is 1. The third-order valence-electron chi connectivity index (χ3n) is 4.70. The minimum atomic E-state index is -4.50. The van der Waals surface area contributed by atoms with E-state index >= 15 is 0 Å². The molecule has 2 aliphatic rings. The maximum atomic E-state index is 12.8. The number of pyridine rings is 1. The molecule has 2 N–H and O–H groups in total. The highest BCUT2D eigenvalue weighted by Gasteiger charge is 2.35. The largest absolute Gasteiger partial charge is 0.417 e. The molecule has 0 radical (unpaired) electrons. The van der Waals surface area contributed by atoms with Crippen LogP contribution in [0.4, 0.5) is 19.0 Å². The number of halogens is 4. The van der Waals surface area contributed by atoms with Gasteiger partial charge in [-0.25, -0.2) is 4.98 Å². The molecule has 0 bridgehead atoms. The lowest BCUT2D eigenvalue weighted by atomic mass is 9.98. The minimum absolute atomic E-state index is 0.0316. The van der Waals surface area contributed by atoms with Crippen molar-refractivity contribution < 1.29 is 18.0 Å². The average Bonchev–Trinajstić information content (AvgIpc) is 2.58. The molecule has 1 aromatic rings. The number of nitrogens with zero attached hydrogens (tertiary/aromatic N) is 2. The first-order valence-electron chi connectivity index (χ1n) is 8.37. The van der Waals surface area contributed by atoms with Crippen LogP contribution in [0.3, 0.4) is 0 Å². The van der Waals surface area contributed by atoms with E-state index < -0.39 is 17.8 Å². The smallest absolute Gasteiger partial charge is 0.357 e. The van der Waals surface area contributed by atoms with Crippen molar-refractivity contribution in [2.45, 2.75) is 43.9 Å². The van der Waals surface area contributed by atoms with E-state index in [9.17, 15) is 18.0 Å². The van der Waals surface area contributed by atoms with Crippen LogP contribution in [0.5, 0.6) is 0 Å². The summed E-state index contributed by atoms with van der Waals surface area (Å²) >= 11 is 5.93. The lowest BCUT2D eigenvalue weighted by Gasteiger charge is -2.40. The zero-order chi connectivity index (χ0) is 18.0. The molecule has 0 aromatic carbocycles. The van der Waals surface area contributed by atoms with Crippen molar-refractivity contribution in [2.24, 2.45) is 0 Å². The SMILES string of the molecule is O=C1[C@@H](Nc2ncc(C(F)(F)F)cc2Cl)CCCN1C1CCNCC1. The molecule has 3 rings (SSSR count). The minimum Gasteiger partial charge on any atom is -0.357 e. The monoisotopic (exact) mass is 376 g/mol. The summed E-state index contributed by atoms with van der Waals surface area (Å²) in [5.41, 5.74) is -0.908. The number of alkyl halides is 3. The molecule has 1 atom stereocenters. The summed E-state index contributed by atoms with van der Waals surface area (Å²) in [7, 11) is 0. The molecule has 0 spiro atoms. The van der Waals surface area contributed by atoms with E-state index in [1.807, 2.05) is 4.90 Å². The van der Waals surface area contributed by atoms with E-state index in [0.717, 1.165) is 51.2 Å². The van der Waals surface area contributed by atoms with Crippen LogP contribution in [0.15, 0.2) is 12.3 Å². The van der Waals surface area contributed by atoms with E-state index in [1.165, 1.54) is 0 Å². The van der Waals surface area contributed by atoms with Crippen molar-refractivity contribution in [2.75, 3.05) is 25.0 Å².